The summed E-state index contributed by atoms with van der Waals surface area (Å²) < 4.78 is 15.1. The van der Waals surface area contributed by atoms with Crippen molar-refractivity contribution in [3.8, 4) is 0 Å². The fourth-order valence-electron chi connectivity index (χ4n) is 0.787. The maximum absolute atomic E-state index is 8.38. The molecule has 0 spiro atoms. The van der Waals surface area contributed by atoms with Gasteiger partial charge in [-0.3, -0.25) is 5.32 Å². The van der Waals surface area contributed by atoms with E-state index in [1.165, 1.54) is 0 Å². The zero-order valence-electron chi connectivity index (χ0n) is 8.83. The molecule has 0 bridgehead atoms. The highest BCUT2D eigenvalue weighted by atomic mass is 16.7. The van der Waals surface area contributed by atoms with Crippen molar-refractivity contribution in [1.82, 2.24) is 5.32 Å². The first kappa shape index (κ1) is 13.8. The lowest BCUT2D eigenvalue weighted by atomic mass is 10.4. The van der Waals surface area contributed by atoms with Crippen LogP contribution in [-0.4, -0.2) is 51.6 Å². The predicted octanol–water partition coefficient (Wildman–Crippen LogP) is -0.0569. The van der Waals surface area contributed by atoms with E-state index in [2.05, 4.69) is 5.32 Å². The summed E-state index contributed by atoms with van der Waals surface area (Å²) in [7, 11) is 0. The summed E-state index contributed by atoms with van der Waals surface area (Å²) in [6.45, 7) is 5.46. The summed E-state index contributed by atoms with van der Waals surface area (Å²) in [5.41, 5.74) is 0. The number of rotatable bonds is 11. The van der Waals surface area contributed by atoms with E-state index >= 15 is 0 Å². The van der Waals surface area contributed by atoms with E-state index in [1.54, 1.807) is 0 Å². The van der Waals surface area contributed by atoms with Gasteiger partial charge in [-0.05, 0) is 19.9 Å². The number of ether oxygens (including phenoxy) is 3. The summed E-state index contributed by atoms with van der Waals surface area (Å²) >= 11 is 0. The van der Waals surface area contributed by atoms with Crippen molar-refractivity contribution >= 4 is 0 Å². The lowest BCUT2D eigenvalue weighted by molar-refractivity contribution is -0.0628. The zero-order chi connectivity index (χ0) is 10.5. The Bertz CT molecular complexity index is 90.8. The average Bonchev–Trinajstić information content (AvgIpc) is 2.21. The van der Waals surface area contributed by atoms with E-state index in [-0.39, 0.29) is 13.4 Å². The van der Waals surface area contributed by atoms with E-state index in [1.807, 2.05) is 6.92 Å². The smallest absolute Gasteiger partial charge is 0.146 e. The van der Waals surface area contributed by atoms with Gasteiger partial charge in [-0.1, -0.05) is 0 Å². The fourth-order valence-corrected chi connectivity index (χ4v) is 0.787. The minimum atomic E-state index is 0.0409. The van der Waals surface area contributed by atoms with Gasteiger partial charge in [0.1, 0.15) is 6.79 Å². The van der Waals surface area contributed by atoms with Crippen LogP contribution < -0.4 is 5.32 Å². The maximum Gasteiger partial charge on any atom is 0.146 e. The molecule has 0 unspecified atom stereocenters. The largest absolute Gasteiger partial charge is 0.394 e. The maximum atomic E-state index is 8.38. The Morgan fingerprint density at radius 2 is 1.93 bits per heavy atom. The first-order chi connectivity index (χ1) is 6.91. The Hall–Kier alpha value is -0.200. The van der Waals surface area contributed by atoms with Crippen molar-refractivity contribution < 1.29 is 19.3 Å². The second-order valence-corrected chi connectivity index (χ2v) is 2.65. The molecule has 86 valence electrons. The van der Waals surface area contributed by atoms with Gasteiger partial charge >= 0.3 is 0 Å². The quantitative estimate of drug-likeness (QED) is 0.367. The second-order valence-electron chi connectivity index (χ2n) is 2.65. The van der Waals surface area contributed by atoms with Gasteiger partial charge in [-0.15, -0.1) is 0 Å². The molecule has 0 rings (SSSR count). The van der Waals surface area contributed by atoms with Gasteiger partial charge in [-0.2, -0.15) is 0 Å². The molecule has 0 aliphatic rings. The molecule has 0 aliphatic carbocycles. The molecule has 0 radical (unpaired) electrons. The molecule has 5 heteroatoms. The van der Waals surface area contributed by atoms with Crippen LogP contribution in [0, 0.1) is 0 Å². The highest BCUT2D eigenvalue weighted by molar-refractivity contribution is 4.40. The van der Waals surface area contributed by atoms with Crippen LogP contribution in [0.5, 0.6) is 0 Å². The molecule has 2 N–H and O–H groups in total. The van der Waals surface area contributed by atoms with E-state index in [0.717, 1.165) is 19.6 Å². The number of hydrogen-bond donors (Lipinski definition) is 2. The van der Waals surface area contributed by atoms with Crippen LogP contribution in [0.4, 0.5) is 0 Å². The van der Waals surface area contributed by atoms with Crippen molar-refractivity contribution in [2.75, 3.05) is 46.5 Å². The lowest BCUT2D eigenvalue weighted by Crippen LogP contribution is -2.20. The zero-order valence-corrected chi connectivity index (χ0v) is 8.83. The highest BCUT2D eigenvalue weighted by Gasteiger charge is 1.89. The molecule has 0 fully saturated rings. The Morgan fingerprint density at radius 3 is 2.64 bits per heavy atom. The van der Waals surface area contributed by atoms with Gasteiger partial charge in [0.2, 0.25) is 0 Å². The van der Waals surface area contributed by atoms with Crippen LogP contribution in [0.25, 0.3) is 0 Å². The van der Waals surface area contributed by atoms with Crippen LogP contribution in [0.3, 0.4) is 0 Å². The predicted molar refractivity (Wildman–Crippen MR) is 53.0 cm³/mol. The molecule has 0 amide bonds. The van der Waals surface area contributed by atoms with Gasteiger partial charge < -0.3 is 19.3 Å². The number of hydrogen-bond acceptors (Lipinski definition) is 5. The third-order valence-corrected chi connectivity index (χ3v) is 1.45. The second kappa shape index (κ2) is 12.8. The van der Waals surface area contributed by atoms with Crippen molar-refractivity contribution in [3.05, 3.63) is 0 Å². The minimum absolute atomic E-state index is 0.0409. The average molecular weight is 207 g/mol. The Morgan fingerprint density at radius 1 is 1.14 bits per heavy atom. The van der Waals surface area contributed by atoms with Crippen molar-refractivity contribution in [2.24, 2.45) is 0 Å². The summed E-state index contributed by atoms with van der Waals surface area (Å²) in [4.78, 5) is 0. The molecular weight excluding hydrogens is 186 g/mol. The fraction of sp³-hybridized carbons (Fsp3) is 1.00. The van der Waals surface area contributed by atoms with Crippen molar-refractivity contribution in [1.29, 1.82) is 0 Å². The van der Waals surface area contributed by atoms with Gasteiger partial charge in [0, 0.05) is 6.61 Å². The molecule has 14 heavy (non-hydrogen) atoms. The molecule has 0 atom stereocenters. The Balaban J connectivity index is 2.78. The molecule has 0 saturated carbocycles. The molecular formula is C9H21NO4. The lowest BCUT2D eigenvalue weighted by Gasteiger charge is -2.05. The molecule has 5 nitrogen and oxygen atoms in total. The normalized spacial score (nSPS) is 10.7. The number of aliphatic hydroxyl groups excluding tert-OH is 1. The Kier molecular flexibility index (Phi) is 12.6. The van der Waals surface area contributed by atoms with Crippen LogP contribution in [0.1, 0.15) is 13.3 Å². The summed E-state index contributed by atoms with van der Waals surface area (Å²) in [6, 6.07) is 0. The summed E-state index contributed by atoms with van der Waals surface area (Å²) in [5, 5.41) is 11.5. The molecule has 0 aromatic rings. The van der Waals surface area contributed by atoms with E-state index in [4.69, 9.17) is 19.3 Å². The van der Waals surface area contributed by atoms with Gasteiger partial charge in [-0.25, -0.2) is 0 Å². The first-order valence-electron chi connectivity index (χ1n) is 4.96. The highest BCUT2D eigenvalue weighted by Crippen LogP contribution is 1.82. The summed E-state index contributed by atoms with van der Waals surface area (Å²) in [5.74, 6) is 0. The van der Waals surface area contributed by atoms with E-state index in [0.29, 0.717) is 19.9 Å². The van der Waals surface area contributed by atoms with Gasteiger partial charge in [0.25, 0.3) is 0 Å². The first-order valence-corrected chi connectivity index (χ1v) is 4.96. The van der Waals surface area contributed by atoms with Crippen LogP contribution >= 0.6 is 0 Å². The number of aliphatic hydroxyl groups is 1. The van der Waals surface area contributed by atoms with Gasteiger partial charge in [0.15, 0.2) is 0 Å². The van der Waals surface area contributed by atoms with Crippen LogP contribution in [0.15, 0.2) is 0 Å². The molecule has 0 aliphatic heterocycles. The molecule has 0 heterocycles. The summed E-state index contributed by atoms with van der Waals surface area (Å²) in [6.07, 6.45) is 0.926. The monoisotopic (exact) mass is 207 g/mol. The SMILES string of the molecule is CCOCNCCCOCOCCO. The minimum Gasteiger partial charge on any atom is -0.394 e. The molecule has 0 saturated heterocycles. The van der Waals surface area contributed by atoms with E-state index < -0.39 is 0 Å². The standard InChI is InChI=1S/C9H21NO4/c1-2-12-8-10-4-3-6-13-9-14-7-5-11/h10-11H,2-9H2,1H3. The van der Waals surface area contributed by atoms with Crippen LogP contribution in [-0.2, 0) is 14.2 Å². The Labute approximate surface area is 85.3 Å². The van der Waals surface area contributed by atoms with E-state index in [9.17, 15) is 0 Å². The molecule has 0 aromatic carbocycles. The number of nitrogens with one attached hydrogen (secondary N) is 1. The molecule has 0 aromatic heterocycles. The van der Waals surface area contributed by atoms with Crippen molar-refractivity contribution in [2.45, 2.75) is 13.3 Å². The van der Waals surface area contributed by atoms with Gasteiger partial charge in [0.05, 0.1) is 26.6 Å². The topological polar surface area (TPSA) is 60.0 Å². The third-order valence-electron chi connectivity index (χ3n) is 1.45. The van der Waals surface area contributed by atoms with Crippen molar-refractivity contribution in [3.63, 3.8) is 0 Å². The van der Waals surface area contributed by atoms with Crippen LogP contribution in [0.2, 0.25) is 0 Å². The third kappa shape index (κ3) is 11.8.